The molecule has 5 aromatic rings. The van der Waals surface area contributed by atoms with Crippen LogP contribution in [0.4, 0.5) is 47.8 Å². The van der Waals surface area contributed by atoms with Crippen molar-refractivity contribution in [3.05, 3.63) is 57.7 Å². The fraction of sp³-hybridized carbons (Fsp3) is 0.511. The number of hydrogen-bond acceptors (Lipinski definition) is 12. The maximum atomic E-state index is 15.8. The van der Waals surface area contributed by atoms with Crippen LogP contribution in [0.15, 0.2) is 41.3 Å². The van der Waals surface area contributed by atoms with Crippen molar-refractivity contribution in [1.82, 2.24) is 29.2 Å². The van der Waals surface area contributed by atoms with Crippen LogP contribution in [-0.2, 0) is 23.7 Å². The number of rotatable bonds is 8. The minimum absolute atomic E-state index is 0.00277. The molecule has 15 nitrogen and oxygen atoms in total. The van der Waals surface area contributed by atoms with Gasteiger partial charge in [0.25, 0.3) is 5.56 Å². The Morgan fingerprint density at radius 1 is 0.938 bits per heavy atom. The van der Waals surface area contributed by atoms with Crippen LogP contribution in [0, 0.1) is 17.7 Å². The van der Waals surface area contributed by atoms with Crippen LogP contribution in [0.3, 0.4) is 0 Å². The molecule has 0 unspecified atom stereocenters. The first-order valence-electron chi connectivity index (χ1n) is 22.1. The summed E-state index contributed by atoms with van der Waals surface area (Å²) in [5.74, 6) is -3.30. The Morgan fingerprint density at radius 3 is 2.41 bits per heavy atom. The van der Waals surface area contributed by atoms with E-state index in [0.717, 1.165) is 68.7 Å². The van der Waals surface area contributed by atoms with Crippen LogP contribution in [0.2, 0.25) is 5.02 Å². The first kappa shape index (κ1) is 42.3. The highest BCUT2D eigenvalue weighted by molar-refractivity contribution is 6.33. The molecule has 4 fully saturated rings. The van der Waals surface area contributed by atoms with Gasteiger partial charge in [0.15, 0.2) is 18.2 Å². The van der Waals surface area contributed by atoms with E-state index in [9.17, 15) is 14.4 Å². The monoisotopic (exact) mass is 901 g/mol. The number of anilines is 6. The van der Waals surface area contributed by atoms with Crippen LogP contribution in [-0.4, -0.2) is 104 Å². The molecule has 3 aromatic heterocycles. The van der Waals surface area contributed by atoms with E-state index in [1.54, 1.807) is 4.68 Å². The molecule has 5 aliphatic rings. The van der Waals surface area contributed by atoms with E-state index in [1.165, 1.54) is 34.8 Å². The SMILES string of the molecule is Cn1nc(N2C(=O)CCCC2=O)c2ccc(N3CCN(CC4CCN(c5ncc(Cl)c(Nc6cc7c8c(c(=O)n(C)c7cc6F)OCC(F)(F)[C@H](C6CC6)N8)n5)CC4)C(C)(C)C3)cc21. The van der Waals surface area contributed by atoms with E-state index in [4.69, 9.17) is 21.3 Å². The highest BCUT2D eigenvalue weighted by Gasteiger charge is 2.51. The van der Waals surface area contributed by atoms with Gasteiger partial charge < -0.3 is 29.7 Å². The number of aromatic nitrogens is 5. The number of benzene rings is 2. The number of hydrogen-bond donors (Lipinski definition) is 2. The molecule has 19 heteroatoms. The Bertz CT molecular complexity index is 2750. The van der Waals surface area contributed by atoms with Crippen molar-refractivity contribution in [3.63, 3.8) is 0 Å². The van der Waals surface area contributed by atoms with Gasteiger partial charge in [-0.3, -0.25) is 24.0 Å². The number of carbonyl (C=O) groups excluding carboxylic acids is 2. The number of piperidine rings is 2. The lowest BCUT2D eigenvalue weighted by molar-refractivity contribution is -0.129. The summed E-state index contributed by atoms with van der Waals surface area (Å²) in [5, 5.41) is 11.9. The van der Waals surface area contributed by atoms with Crippen LogP contribution >= 0.6 is 11.6 Å². The molecule has 0 spiro atoms. The zero-order valence-corrected chi connectivity index (χ0v) is 37.0. The number of pyridine rings is 1. The van der Waals surface area contributed by atoms with Gasteiger partial charge in [0, 0.05) is 94.3 Å². The standard InChI is InChI=1S/C45H51ClF3N11O4/c1-44(2)23-58(27-10-11-28-34(18-27)56(4)54-41(28)60-35(61)6-5-7-36(60)62)16-17-59(44)22-25-12-14-57(15-13-25)43-50-21-30(46)40(53-43)51-32-19-29-33(20-31(32)47)55(3)42(63)38-37(29)52-39(26-8-9-26)45(48,49)24-64-38/h10-11,18-21,25-26,39,52H,5-9,12-17,22-24H2,1-4H3,(H,50,51,53)/t39-/m0/s1. The Labute approximate surface area is 372 Å². The Hall–Kier alpha value is -5.62. The second kappa shape index (κ2) is 15.8. The summed E-state index contributed by atoms with van der Waals surface area (Å²) in [7, 11) is 3.30. The third-order valence-corrected chi connectivity index (χ3v) is 14.1. The van der Waals surface area contributed by atoms with E-state index in [1.807, 2.05) is 13.1 Å². The summed E-state index contributed by atoms with van der Waals surface area (Å²) < 4.78 is 54.6. The van der Waals surface area contributed by atoms with Gasteiger partial charge in [-0.1, -0.05) is 11.6 Å². The normalized spacial score (nSPS) is 21.8. The Balaban J connectivity index is 0.799. The number of halogens is 4. The number of piperazine rings is 1. The Kier molecular flexibility index (Phi) is 10.5. The van der Waals surface area contributed by atoms with E-state index in [-0.39, 0.29) is 56.8 Å². The number of ether oxygens (including phenoxy) is 1. The zero-order chi connectivity index (χ0) is 44.8. The second-order valence-corrected chi connectivity index (χ2v) is 19.1. The van der Waals surface area contributed by atoms with Crippen LogP contribution < -0.4 is 35.6 Å². The number of imide groups is 1. The molecule has 338 valence electrons. The van der Waals surface area contributed by atoms with Crippen molar-refractivity contribution in [3.8, 4) is 5.75 Å². The summed E-state index contributed by atoms with van der Waals surface area (Å²) in [5.41, 5.74) is 1.51. The van der Waals surface area contributed by atoms with Crippen LogP contribution in [0.25, 0.3) is 21.8 Å². The van der Waals surface area contributed by atoms with E-state index in [2.05, 4.69) is 61.4 Å². The van der Waals surface area contributed by atoms with Crippen molar-refractivity contribution in [2.45, 2.75) is 76.3 Å². The minimum Gasteiger partial charge on any atom is -0.480 e. The van der Waals surface area contributed by atoms with E-state index in [0.29, 0.717) is 55.2 Å². The number of amides is 2. The van der Waals surface area contributed by atoms with Gasteiger partial charge in [-0.15, -0.1) is 0 Å². The quantitative estimate of drug-likeness (QED) is 0.158. The molecule has 0 radical (unpaired) electrons. The molecule has 2 N–H and O–H groups in total. The smallest absolute Gasteiger partial charge is 0.301 e. The van der Waals surface area contributed by atoms with Crippen molar-refractivity contribution in [1.29, 1.82) is 0 Å². The first-order valence-corrected chi connectivity index (χ1v) is 22.4. The molecule has 1 aliphatic carbocycles. The molecule has 2 amide bonds. The van der Waals surface area contributed by atoms with Gasteiger partial charge in [-0.2, -0.15) is 10.1 Å². The highest BCUT2D eigenvalue weighted by atomic mass is 35.5. The fourth-order valence-corrected chi connectivity index (χ4v) is 10.1. The number of nitrogens with one attached hydrogen (secondary N) is 2. The van der Waals surface area contributed by atoms with Crippen LogP contribution in [0.5, 0.6) is 5.75 Å². The molecule has 10 rings (SSSR count). The zero-order valence-electron chi connectivity index (χ0n) is 36.3. The second-order valence-electron chi connectivity index (χ2n) is 18.7. The summed E-state index contributed by atoms with van der Waals surface area (Å²) >= 11 is 6.58. The predicted molar refractivity (Wildman–Crippen MR) is 240 cm³/mol. The number of alkyl halides is 2. The third kappa shape index (κ3) is 7.55. The summed E-state index contributed by atoms with van der Waals surface area (Å²) in [6.45, 7) is 8.55. The average molecular weight is 902 g/mol. The van der Waals surface area contributed by atoms with Crippen molar-refractivity contribution < 1.29 is 27.5 Å². The number of fused-ring (bicyclic) bond motifs is 4. The molecule has 7 heterocycles. The average Bonchev–Trinajstić information content (AvgIpc) is 4.07. The van der Waals surface area contributed by atoms with Gasteiger partial charge in [0.05, 0.1) is 34.6 Å². The number of nitrogens with zero attached hydrogens (tertiary/aromatic N) is 9. The third-order valence-electron chi connectivity index (χ3n) is 13.8. The predicted octanol–water partition coefficient (Wildman–Crippen LogP) is 6.83. The molecule has 0 bridgehead atoms. The van der Waals surface area contributed by atoms with Gasteiger partial charge in [-0.05, 0) is 82.1 Å². The molecule has 3 saturated heterocycles. The maximum Gasteiger partial charge on any atom is 0.301 e. The molecule has 4 aliphatic heterocycles. The van der Waals surface area contributed by atoms with Gasteiger partial charge in [0.1, 0.15) is 10.8 Å². The first-order chi connectivity index (χ1) is 30.6. The maximum absolute atomic E-state index is 15.8. The molecule has 2 aromatic carbocycles. The van der Waals surface area contributed by atoms with Gasteiger partial charge in [0.2, 0.25) is 23.5 Å². The van der Waals surface area contributed by atoms with Gasteiger partial charge >= 0.3 is 5.92 Å². The van der Waals surface area contributed by atoms with Crippen molar-refractivity contribution >= 4 is 79.9 Å². The molecule has 64 heavy (non-hydrogen) atoms. The van der Waals surface area contributed by atoms with Crippen molar-refractivity contribution in [2.24, 2.45) is 25.9 Å². The van der Waals surface area contributed by atoms with E-state index >= 15 is 13.2 Å². The number of carbonyl (C=O) groups is 2. The summed E-state index contributed by atoms with van der Waals surface area (Å²) in [4.78, 5) is 56.2. The highest BCUT2D eigenvalue weighted by Crippen LogP contribution is 2.46. The lowest BCUT2D eigenvalue weighted by Gasteiger charge is -2.49. The minimum atomic E-state index is -3.21. The Morgan fingerprint density at radius 2 is 1.69 bits per heavy atom. The fourth-order valence-electron chi connectivity index (χ4n) is 10.00. The number of aryl methyl sites for hydroxylation is 2. The van der Waals surface area contributed by atoms with Crippen molar-refractivity contribution in [2.75, 3.05) is 71.2 Å². The van der Waals surface area contributed by atoms with Crippen LogP contribution in [0.1, 0.15) is 58.8 Å². The lowest BCUT2D eigenvalue weighted by atomic mass is 9.91. The molecular weight excluding hydrogens is 851 g/mol. The molecular formula is C45H51ClF3N11O4. The summed E-state index contributed by atoms with van der Waals surface area (Å²) in [6.07, 6.45) is 5.86. The topological polar surface area (TPSA) is 146 Å². The van der Waals surface area contributed by atoms with E-state index < -0.39 is 29.9 Å². The summed E-state index contributed by atoms with van der Waals surface area (Å²) in [6, 6.07) is 7.58. The molecule has 1 saturated carbocycles. The van der Waals surface area contributed by atoms with Gasteiger partial charge in [-0.25, -0.2) is 23.1 Å². The lowest BCUT2D eigenvalue weighted by Crippen LogP contribution is -2.60. The largest absolute Gasteiger partial charge is 0.480 e. The molecule has 1 atom stereocenters.